The van der Waals surface area contributed by atoms with Crippen molar-refractivity contribution in [2.75, 3.05) is 7.11 Å². The monoisotopic (exact) mass is 186 g/mol. The molecule has 0 aliphatic rings. The number of hydrogen-bond acceptors (Lipinski definition) is 4. The van der Waals surface area contributed by atoms with Crippen LogP contribution in [0.4, 0.5) is 0 Å². The number of esters is 1. The molecule has 12 heavy (non-hydrogen) atoms. The zero-order valence-corrected chi connectivity index (χ0v) is 7.42. The third-order valence-corrected chi connectivity index (χ3v) is 1.52. The van der Waals surface area contributed by atoms with Crippen molar-refractivity contribution in [3.63, 3.8) is 0 Å². The zero-order valence-electron chi connectivity index (χ0n) is 6.67. The number of rotatable bonds is 1. The normalized spacial score (nSPS) is 9.58. The maximum atomic E-state index is 11.0. The summed E-state index contributed by atoms with van der Waals surface area (Å²) in [6.45, 7) is 1.67. The summed E-state index contributed by atoms with van der Waals surface area (Å²) in [4.78, 5) is 18.6. The van der Waals surface area contributed by atoms with Gasteiger partial charge in [-0.3, -0.25) is 0 Å². The maximum Gasteiger partial charge on any atom is 0.358 e. The largest absolute Gasteiger partial charge is 0.464 e. The fraction of sp³-hybridized carbons (Fsp3) is 0.286. The standard InChI is InChI=1S/C7H7ClN2O2/c1-4-9-3-5(8)6(10-4)7(11)12-2/h3H,1-2H3. The molecule has 0 spiro atoms. The van der Waals surface area contributed by atoms with Gasteiger partial charge in [0.25, 0.3) is 0 Å². The van der Waals surface area contributed by atoms with Crippen LogP contribution in [0.25, 0.3) is 0 Å². The van der Waals surface area contributed by atoms with E-state index in [2.05, 4.69) is 14.7 Å². The molecule has 0 saturated carbocycles. The molecule has 0 bridgehead atoms. The van der Waals surface area contributed by atoms with Crippen molar-refractivity contribution in [1.82, 2.24) is 9.97 Å². The summed E-state index contributed by atoms with van der Waals surface area (Å²) < 4.78 is 4.46. The first kappa shape index (κ1) is 8.93. The van der Waals surface area contributed by atoms with E-state index in [1.807, 2.05) is 0 Å². The van der Waals surface area contributed by atoms with Gasteiger partial charge < -0.3 is 4.74 Å². The van der Waals surface area contributed by atoms with Gasteiger partial charge in [-0.25, -0.2) is 14.8 Å². The molecule has 0 N–H and O–H groups in total. The molecule has 0 radical (unpaired) electrons. The first-order chi connectivity index (χ1) is 5.65. The van der Waals surface area contributed by atoms with E-state index in [0.29, 0.717) is 5.82 Å². The highest BCUT2D eigenvalue weighted by Gasteiger charge is 2.12. The van der Waals surface area contributed by atoms with Crippen LogP contribution in [0.3, 0.4) is 0 Å². The minimum atomic E-state index is -0.550. The molecule has 0 saturated heterocycles. The molecule has 4 nitrogen and oxygen atoms in total. The van der Waals surface area contributed by atoms with Gasteiger partial charge in [-0.2, -0.15) is 0 Å². The summed E-state index contributed by atoms with van der Waals surface area (Å²) in [5.41, 5.74) is 0.103. The average Bonchev–Trinajstić information content (AvgIpc) is 2.08. The van der Waals surface area contributed by atoms with Crippen molar-refractivity contribution in [3.05, 3.63) is 22.7 Å². The maximum absolute atomic E-state index is 11.0. The zero-order chi connectivity index (χ0) is 9.14. The van der Waals surface area contributed by atoms with E-state index in [0.717, 1.165) is 0 Å². The summed E-state index contributed by atoms with van der Waals surface area (Å²) in [5.74, 6) is -0.0645. The Labute approximate surface area is 74.5 Å². The van der Waals surface area contributed by atoms with Crippen molar-refractivity contribution in [2.45, 2.75) is 6.92 Å². The van der Waals surface area contributed by atoms with E-state index in [-0.39, 0.29) is 10.7 Å². The minimum absolute atomic E-state index is 0.103. The number of halogens is 1. The Morgan fingerprint density at radius 3 is 2.92 bits per heavy atom. The first-order valence-corrected chi connectivity index (χ1v) is 3.60. The van der Waals surface area contributed by atoms with Crippen molar-refractivity contribution in [3.8, 4) is 0 Å². The number of carbonyl (C=O) groups excluding carboxylic acids is 1. The predicted octanol–water partition coefficient (Wildman–Crippen LogP) is 1.23. The molecule has 0 atom stereocenters. The van der Waals surface area contributed by atoms with Crippen LogP contribution in [-0.4, -0.2) is 23.0 Å². The molecule has 64 valence electrons. The van der Waals surface area contributed by atoms with Crippen LogP contribution in [0.1, 0.15) is 16.3 Å². The van der Waals surface area contributed by atoms with Crippen LogP contribution < -0.4 is 0 Å². The summed E-state index contributed by atoms with van der Waals surface area (Å²) in [6, 6.07) is 0. The average molecular weight is 187 g/mol. The number of aryl methyl sites for hydroxylation is 1. The minimum Gasteiger partial charge on any atom is -0.464 e. The highest BCUT2D eigenvalue weighted by Crippen LogP contribution is 2.12. The van der Waals surface area contributed by atoms with E-state index in [4.69, 9.17) is 11.6 Å². The van der Waals surface area contributed by atoms with Gasteiger partial charge in [0, 0.05) is 0 Å². The molecule has 0 amide bonds. The van der Waals surface area contributed by atoms with Crippen LogP contribution >= 0.6 is 11.6 Å². The Morgan fingerprint density at radius 1 is 1.67 bits per heavy atom. The van der Waals surface area contributed by atoms with Crippen LogP contribution in [0, 0.1) is 6.92 Å². The second kappa shape index (κ2) is 3.49. The third kappa shape index (κ3) is 1.71. The number of hydrogen-bond donors (Lipinski definition) is 0. The Hall–Kier alpha value is -1.16. The van der Waals surface area contributed by atoms with Gasteiger partial charge in [-0.05, 0) is 6.92 Å². The number of methoxy groups -OCH3 is 1. The molecule has 1 heterocycles. The van der Waals surface area contributed by atoms with Crippen molar-refractivity contribution < 1.29 is 9.53 Å². The van der Waals surface area contributed by atoms with E-state index in [1.165, 1.54) is 13.3 Å². The molecule has 1 aromatic rings. The number of ether oxygens (including phenoxy) is 1. The Kier molecular flexibility index (Phi) is 2.60. The molecular weight excluding hydrogens is 180 g/mol. The summed E-state index contributed by atoms with van der Waals surface area (Å²) in [5, 5.41) is 0.201. The second-order valence-electron chi connectivity index (χ2n) is 2.11. The fourth-order valence-electron chi connectivity index (χ4n) is 0.695. The van der Waals surface area contributed by atoms with Gasteiger partial charge in [0.1, 0.15) is 5.82 Å². The van der Waals surface area contributed by atoms with E-state index in [9.17, 15) is 4.79 Å². The van der Waals surface area contributed by atoms with Crippen LogP contribution in [-0.2, 0) is 4.74 Å². The quantitative estimate of drug-likeness (QED) is 0.619. The molecular formula is C7H7ClN2O2. The van der Waals surface area contributed by atoms with E-state index in [1.54, 1.807) is 6.92 Å². The molecule has 0 aliphatic heterocycles. The number of nitrogens with zero attached hydrogens (tertiary/aromatic N) is 2. The molecule has 0 aliphatic carbocycles. The molecule has 0 fully saturated rings. The Bertz CT molecular complexity index is 314. The Balaban J connectivity index is 3.13. The third-order valence-electron chi connectivity index (χ3n) is 1.24. The predicted molar refractivity (Wildman–Crippen MR) is 43.1 cm³/mol. The van der Waals surface area contributed by atoms with Gasteiger partial charge in [-0.1, -0.05) is 11.6 Å². The van der Waals surface area contributed by atoms with Gasteiger partial charge in [0.15, 0.2) is 5.69 Å². The molecule has 5 heteroatoms. The van der Waals surface area contributed by atoms with Gasteiger partial charge in [-0.15, -0.1) is 0 Å². The van der Waals surface area contributed by atoms with Crippen molar-refractivity contribution in [1.29, 1.82) is 0 Å². The van der Waals surface area contributed by atoms with Gasteiger partial charge >= 0.3 is 5.97 Å². The smallest absolute Gasteiger partial charge is 0.358 e. The summed E-state index contributed by atoms with van der Waals surface area (Å²) in [7, 11) is 1.27. The lowest BCUT2D eigenvalue weighted by atomic mass is 10.4. The van der Waals surface area contributed by atoms with E-state index < -0.39 is 5.97 Å². The topological polar surface area (TPSA) is 52.1 Å². The first-order valence-electron chi connectivity index (χ1n) is 3.22. The highest BCUT2D eigenvalue weighted by atomic mass is 35.5. The summed E-state index contributed by atoms with van der Waals surface area (Å²) in [6.07, 6.45) is 1.37. The van der Waals surface area contributed by atoms with Crippen molar-refractivity contribution in [2.24, 2.45) is 0 Å². The number of aromatic nitrogens is 2. The van der Waals surface area contributed by atoms with Crippen molar-refractivity contribution >= 4 is 17.6 Å². The van der Waals surface area contributed by atoms with Crippen LogP contribution in [0.15, 0.2) is 6.20 Å². The van der Waals surface area contributed by atoms with Gasteiger partial charge in [0.2, 0.25) is 0 Å². The fourth-order valence-corrected chi connectivity index (χ4v) is 0.863. The molecule has 0 aromatic carbocycles. The second-order valence-corrected chi connectivity index (χ2v) is 2.51. The molecule has 1 rings (SSSR count). The van der Waals surface area contributed by atoms with Crippen LogP contribution in [0.5, 0.6) is 0 Å². The summed E-state index contributed by atoms with van der Waals surface area (Å²) >= 11 is 5.64. The van der Waals surface area contributed by atoms with Crippen LogP contribution in [0.2, 0.25) is 5.02 Å². The SMILES string of the molecule is COC(=O)c1nc(C)ncc1Cl. The lowest BCUT2D eigenvalue weighted by molar-refractivity contribution is 0.0593. The lowest BCUT2D eigenvalue weighted by Gasteiger charge is -2.00. The number of carbonyl (C=O) groups is 1. The molecule has 0 unspecified atom stereocenters. The highest BCUT2D eigenvalue weighted by molar-refractivity contribution is 6.33. The Morgan fingerprint density at radius 2 is 2.33 bits per heavy atom. The lowest BCUT2D eigenvalue weighted by Crippen LogP contribution is -2.06. The van der Waals surface area contributed by atoms with E-state index >= 15 is 0 Å². The molecule has 1 aromatic heterocycles. The van der Waals surface area contributed by atoms with Gasteiger partial charge in [0.05, 0.1) is 18.3 Å².